The third kappa shape index (κ3) is 6.22. The van der Waals surface area contributed by atoms with Gasteiger partial charge in [0.15, 0.2) is 5.96 Å². The highest BCUT2D eigenvalue weighted by Gasteiger charge is 2.17. The largest absolute Gasteiger partial charge is 0.370 e. The molecule has 0 radical (unpaired) electrons. The van der Waals surface area contributed by atoms with Gasteiger partial charge in [-0.05, 0) is 57.0 Å². The van der Waals surface area contributed by atoms with Crippen LogP contribution in [0.25, 0.3) is 0 Å². The zero-order valence-corrected chi connectivity index (χ0v) is 14.7. The normalized spacial score (nSPS) is 16.7. The third-order valence-electron chi connectivity index (χ3n) is 4.78. The van der Waals surface area contributed by atoms with Gasteiger partial charge in [-0.25, -0.2) is 0 Å². The standard InChI is InChI=1S/C19H32N4/c1-3-16-10-12-17(13-11-16)22-19(20)21-14-7-15-23(2)18-8-5-4-6-9-18/h10-13,18H,3-9,14-15H2,1-2H3,(H3,20,21,22). The molecule has 0 bridgehead atoms. The number of anilines is 1. The van der Waals surface area contributed by atoms with E-state index in [1.807, 2.05) is 0 Å². The van der Waals surface area contributed by atoms with E-state index in [2.05, 4.69) is 53.4 Å². The summed E-state index contributed by atoms with van der Waals surface area (Å²) in [5, 5.41) is 3.16. The van der Waals surface area contributed by atoms with Crippen LogP contribution in [0.4, 0.5) is 5.69 Å². The number of benzene rings is 1. The lowest BCUT2D eigenvalue weighted by Gasteiger charge is -2.30. The van der Waals surface area contributed by atoms with Crippen molar-refractivity contribution in [1.29, 1.82) is 0 Å². The fourth-order valence-electron chi connectivity index (χ4n) is 3.24. The number of aryl methyl sites for hydroxylation is 1. The number of hydrogen-bond donors (Lipinski definition) is 2. The number of guanidine groups is 1. The van der Waals surface area contributed by atoms with Crippen molar-refractivity contribution in [1.82, 2.24) is 4.90 Å². The second kappa shape index (κ2) is 9.56. The molecule has 1 aromatic rings. The fourth-order valence-corrected chi connectivity index (χ4v) is 3.24. The van der Waals surface area contributed by atoms with E-state index in [0.29, 0.717) is 5.96 Å². The maximum Gasteiger partial charge on any atom is 0.193 e. The number of aliphatic imine (C=N–C) groups is 1. The Morgan fingerprint density at radius 3 is 2.57 bits per heavy atom. The maximum absolute atomic E-state index is 5.96. The number of nitrogens with two attached hydrogens (primary N) is 1. The molecule has 1 saturated carbocycles. The Balaban J connectivity index is 1.67. The van der Waals surface area contributed by atoms with Crippen molar-refractivity contribution >= 4 is 11.6 Å². The molecule has 4 heteroatoms. The molecular weight excluding hydrogens is 284 g/mol. The molecule has 2 rings (SSSR count). The van der Waals surface area contributed by atoms with Crippen LogP contribution in [-0.2, 0) is 6.42 Å². The van der Waals surface area contributed by atoms with Crippen molar-refractivity contribution in [2.75, 3.05) is 25.5 Å². The highest BCUT2D eigenvalue weighted by Crippen LogP contribution is 2.21. The van der Waals surface area contributed by atoms with Gasteiger partial charge in [-0.2, -0.15) is 0 Å². The topological polar surface area (TPSA) is 53.6 Å². The van der Waals surface area contributed by atoms with E-state index in [1.165, 1.54) is 37.7 Å². The summed E-state index contributed by atoms with van der Waals surface area (Å²) >= 11 is 0. The van der Waals surface area contributed by atoms with Crippen molar-refractivity contribution in [3.05, 3.63) is 29.8 Å². The number of rotatable bonds is 7. The van der Waals surface area contributed by atoms with Crippen molar-refractivity contribution in [2.24, 2.45) is 10.7 Å². The first-order valence-corrected chi connectivity index (χ1v) is 9.05. The summed E-state index contributed by atoms with van der Waals surface area (Å²) in [5.41, 5.74) is 8.29. The van der Waals surface area contributed by atoms with Gasteiger partial charge >= 0.3 is 0 Å². The van der Waals surface area contributed by atoms with Gasteiger partial charge in [-0.15, -0.1) is 0 Å². The molecule has 3 N–H and O–H groups in total. The lowest BCUT2D eigenvalue weighted by Crippen LogP contribution is -2.34. The minimum absolute atomic E-state index is 0.509. The molecule has 1 aromatic carbocycles. The summed E-state index contributed by atoms with van der Waals surface area (Å²) in [6.07, 6.45) is 9.02. The van der Waals surface area contributed by atoms with Crippen LogP contribution in [0.3, 0.4) is 0 Å². The molecule has 0 heterocycles. The minimum Gasteiger partial charge on any atom is -0.370 e. The number of hydrogen-bond acceptors (Lipinski definition) is 2. The minimum atomic E-state index is 0.509. The Morgan fingerprint density at radius 2 is 1.91 bits per heavy atom. The average Bonchev–Trinajstić information content (AvgIpc) is 2.60. The lowest BCUT2D eigenvalue weighted by molar-refractivity contribution is 0.191. The van der Waals surface area contributed by atoms with Crippen molar-refractivity contribution in [3.63, 3.8) is 0 Å². The molecule has 0 aromatic heterocycles. The summed E-state index contributed by atoms with van der Waals surface area (Å²) in [4.78, 5) is 6.94. The van der Waals surface area contributed by atoms with Gasteiger partial charge in [0.25, 0.3) is 0 Å². The Labute approximate surface area is 141 Å². The molecule has 4 nitrogen and oxygen atoms in total. The molecule has 0 saturated heterocycles. The van der Waals surface area contributed by atoms with Crippen LogP contribution in [0.5, 0.6) is 0 Å². The highest BCUT2D eigenvalue weighted by molar-refractivity contribution is 5.92. The number of nitrogens with one attached hydrogen (secondary N) is 1. The molecule has 0 amide bonds. The van der Waals surface area contributed by atoms with Gasteiger partial charge in [-0.3, -0.25) is 4.99 Å². The molecule has 0 spiro atoms. The van der Waals surface area contributed by atoms with E-state index in [-0.39, 0.29) is 0 Å². The zero-order valence-electron chi connectivity index (χ0n) is 14.7. The molecule has 1 aliphatic rings. The Bertz CT molecular complexity index is 475. The monoisotopic (exact) mass is 316 g/mol. The quantitative estimate of drug-likeness (QED) is 0.459. The first kappa shape index (κ1) is 17.8. The summed E-state index contributed by atoms with van der Waals surface area (Å²) in [5.74, 6) is 0.509. The van der Waals surface area contributed by atoms with Crippen LogP contribution < -0.4 is 11.1 Å². The third-order valence-corrected chi connectivity index (χ3v) is 4.78. The molecule has 0 unspecified atom stereocenters. The van der Waals surface area contributed by atoms with E-state index in [4.69, 9.17) is 5.73 Å². The predicted molar refractivity (Wildman–Crippen MR) is 100 cm³/mol. The molecule has 1 aliphatic carbocycles. The molecule has 0 atom stereocenters. The van der Waals surface area contributed by atoms with E-state index in [0.717, 1.165) is 37.7 Å². The Morgan fingerprint density at radius 1 is 1.22 bits per heavy atom. The summed E-state index contributed by atoms with van der Waals surface area (Å²) in [7, 11) is 2.25. The van der Waals surface area contributed by atoms with Gasteiger partial charge in [0.2, 0.25) is 0 Å². The highest BCUT2D eigenvalue weighted by atomic mass is 15.1. The molecule has 128 valence electrons. The van der Waals surface area contributed by atoms with E-state index in [1.54, 1.807) is 0 Å². The summed E-state index contributed by atoms with van der Waals surface area (Å²) in [6.45, 7) is 4.04. The SMILES string of the molecule is CCc1ccc(NC(N)=NCCCN(C)C2CCCCC2)cc1. The molecule has 0 aliphatic heterocycles. The average molecular weight is 316 g/mol. The van der Waals surface area contributed by atoms with Gasteiger partial charge in [-0.1, -0.05) is 38.3 Å². The van der Waals surface area contributed by atoms with Gasteiger partial charge < -0.3 is 16.0 Å². The number of nitrogens with zero attached hydrogens (tertiary/aromatic N) is 2. The molecule has 1 fully saturated rings. The van der Waals surface area contributed by atoms with Crippen molar-refractivity contribution < 1.29 is 0 Å². The van der Waals surface area contributed by atoms with Crippen LogP contribution in [-0.4, -0.2) is 37.0 Å². The van der Waals surface area contributed by atoms with Crippen LogP contribution >= 0.6 is 0 Å². The van der Waals surface area contributed by atoms with E-state index < -0.39 is 0 Å². The second-order valence-corrected chi connectivity index (χ2v) is 6.57. The first-order valence-electron chi connectivity index (χ1n) is 9.05. The summed E-state index contributed by atoms with van der Waals surface area (Å²) in [6, 6.07) is 9.12. The van der Waals surface area contributed by atoms with Crippen LogP contribution in [0, 0.1) is 0 Å². The summed E-state index contributed by atoms with van der Waals surface area (Å²) < 4.78 is 0. The van der Waals surface area contributed by atoms with E-state index in [9.17, 15) is 0 Å². The molecule has 23 heavy (non-hydrogen) atoms. The predicted octanol–water partition coefficient (Wildman–Crippen LogP) is 3.63. The lowest BCUT2D eigenvalue weighted by atomic mass is 9.94. The smallest absolute Gasteiger partial charge is 0.193 e. The van der Waals surface area contributed by atoms with Crippen LogP contribution in [0.2, 0.25) is 0 Å². The Kier molecular flexibility index (Phi) is 7.40. The second-order valence-electron chi connectivity index (χ2n) is 6.57. The van der Waals surface area contributed by atoms with E-state index >= 15 is 0 Å². The maximum atomic E-state index is 5.96. The first-order chi connectivity index (χ1) is 11.2. The van der Waals surface area contributed by atoms with Crippen LogP contribution in [0.1, 0.15) is 51.0 Å². The van der Waals surface area contributed by atoms with Gasteiger partial charge in [0.05, 0.1) is 0 Å². The van der Waals surface area contributed by atoms with Crippen molar-refractivity contribution in [2.45, 2.75) is 57.9 Å². The van der Waals surface area contributed by atoms with Gasteiger partial charge in [0, 0.05) is 18.3 Å². The van der Waals surface area contributed by atoms with Crippen molar-refractivity contribution in [3.8, 4) is 0 Å². The van der Waals surface area contributed by atoms with Crippen LogP contribution in [0.15, 0.2) is 29.3 Å². The fraction of sp³-hybridized carbons (Fsp3) is 0.632. The zero-order chi connectivity index (χ0) is 16.5. The molecular formula is C19H32N4. The Hall–Kier alpha value is -1.55. The van der Waals surface area contributed by atoms with Gasteiger partial charge in [0.1, 0.15) is 0 Å².